The number of aliphatic carboxylic acids is 1. The lowest BCUT2D eigenvalue weighted by molar-refractivity contribution is -0.146. The van der Waals surface area contributed by atoms with Gasteiger partial charge in [0.05, 0.1) is 4.83 Å². The van der Waals surface area contributed by atoms with Gasteiger partial charge in [-0.25, -0.2) is 4.79 Å². The largest absolute Gasteiger partial charge is 0.479 e. The topological polar surface area (TPSA) is 74.6 Å². The number of alkyl halides is 1. The summed E-state index contributed by atoms with van der Waals surface area (Å²) in [5.41, 5.74) is 0.907. The van der Waals surface area contributed by atoms with Crippen LogP contribution in [0.1, 0.15) is 29.0 Å². The number of ketones is 1. The summed E-state index contributed by atoms with van der Waals surface area (Å²) in [6, 6.07) is 4.85. The quantitative estimate of drug-likeness (QED) is 0.588. The summed E-state index contributed by atoms with van der Waals surface area (Å²) >= 11 is 5.23. The highest BCUT2D eigenvalue weighted by Crippen LogP contribution is 2.28. The average molecular weight is 413 g/mol. The molecule has 0 aliphatic rings. The van der Waals surface area contributed by atoms with Crippen molar-refractivity contribution < 1.29 is 19.8 Å². The van der Waals surface area contributed by atoms with Gasteiger partial charge in [0, 0.05) is 3.57 Å². The third-order valence-electron chi connectivity index (χ3n) is 2.14. The Morgan fingerprint density at radius 1 is 1.29 bits per heavy atom. The Hall–Kier alpha value is -0.470. The van der Waals surface area contributed by atoms with E-state index in [0.717, 1.165) is 3.57 Å². The Kier molecular flexibility index (Phi) is 5.08. The Bertz CT molecular complexity index is 423. The van der Waals surface area contributed by atoms with Gasteiger partial charge in [0.25, 0.3) is 0 Å². The third-order valence-corrected chi connectivity index (χ3v) is 3.94. The van der Waals surface area contributed by atoms with Crippen LogP contribution in [0.25, 0.3) is 0 Å². The first-order chi connectivity index (χ1) is 7.82. The molecule has 92 valence electrons. The van der Waals surface area contributed by atoms with E-state index in [1.165, 1.54) is 13.0 Å². The molecule has 0 aliphatic heterocycles. The Morgan fingerprint density at radius 2 is 1.82 bits per heavy atom. The Morgan fingerprint density at radius 3 is 2.29 bits per heavy atom. The van der Waals surface area contributed by atoms with E-state index in [4.69, 9.17) is 5.11 Å². The van der Waals surface area contributed by atoms with Crippen LogP contribution in [0.2, 0.25) is 0 Å². The molecule has 2 unspecified atom stereocenters. The fourth-order valence-electron chi connectivity index (χ4n) is 1.32. The molecule has 17 heavy (non-hydrogen) atoms. The highest BCUT2D eigenvalue weighted by atomic mass is 127. The minimum atomic E-state index is -1.57. The van der Waals surface area contributed by atoms with Crippen molar-refractivity contribution in [2.24, 2.45) is 0 Å². The second kappa shape index (κ2) is 5.92. The summed E-state index contributed by atoms with van der Waals surface area (Å²) in [6.45, 7) is 1.44. The number of carboxylic acid groups (broad SMARTS) is 1. The predicted molar refractivity (Wildman–Crippen MR) is 74.1 cm³/mol. The van der Waals surface area contributed by atoms with E-state index >= 15 is 0 Å². The standard InChI is InChI=1S/C11H10BrIO4/c1-5(14)9(12)6-2-7(4-8(13)3-6)10(15)11(16)17/h2-4,9-10,15H,1H3,(H,16,17). The first-order valence-corrected chi connectivity index (χ1v) is 6.68. The van der Waals surface area contributed by atoms with E-state index < -0.39 is 16.9 Å². The van der Waals surface area contributed by atoms with Gasteiger partial charge in [-0.3, -0.25) is 4.79 Å². The molecule has 1 aromatic rings. The molecule has 6 heteroatoms. The molecular weight excluding hydrogens is 403 g/mol. The zero-order valence-electron chi connectivity index (χ0n) is 8.85. The van der Waals surface area contributed by atoms with Gasteiger partial charge in [0.15, 0.2) is 6.10 Å². The molecule has 2 N–H and O–H groups in total. The van der Waals surface area contributed by atoms with Crippen molar-refractivity contribution in [3.05, 3.63) is 32.9 Å². The van der Waals surface area contributed by atoms with Gasteiger partial charge < -0.3 is 10.2 Å². The van der Waals surface area contributed by atoms with Crippen LogP contribution in [0.4, 0.5) is 0 Å². The van der Waals surface area contributed by atoms with E-state index in [-0.39, 0.29) is 11.3 Å². The van der Waals surface area contributed by atoms with Gasteiger partial charge in [-0.05, 0) is 52.8 Å². The zero-order chi connectivity index (χ0) is 13.2. The third kappa shape index (κ3) is 3.75. The van der Waals surface area contributed by atoms with Crippen molar-refractivity contribution in [1.29, 1.82) is 0 Å². The summed E-state index contributed by atoms with van der Waals surface area (Å²) < 4.78 is 0.765. The minimum absolute atomic E-state index is 0.0808. The molecule has 2 atom stereocenters. The van der Waals surface area contributed by atoms with Crippen molar-refractivity contribution in [1.82, 2.24) is 0 Å². The molecule has 0 spiro atoms. The molecular formula is C11H10BrIO4. The van der Waals surface area contributed by atoms with Crippen molar-refractivity contribution in [2.75, 3.05) is 0 Å². The van der Waals surface area contributed by atoms with Crippen LogP contribution in [0.15, 0.2) is 18.2 Å². The number of aliphatic hydroxyl groups excluding tert-OH is 1. The number of benzene rings is 1. The van der Waals surface area contributed by atoms with Gasteiger partial charge in [-0.15, -0.1) is 0 Å². The fraction of sp³-hybridized carbons (Fsp3) is 0.273. The van der Waals surface area contributed by atoms with Crippen LogP contribution < -0.4 is 0 Å². The van der Waals surface area contributed by atoms with Crippen molar-refractivity contribution in [3.8, 4) is 0 Å². The molecule has 1 aromatic carbocycles. The fourth-order valence-corrected chi connectivity index (χ4v) is 2.30. The molecule has 0 saturated heterocycles. The van der Waals surface area contributed by atoms with Gasteiger partial charge in [0.1, 0.15) is 5.78 Å². The average Bonchev–Trinajstić information content (AvgIpc) is 2.25. The highest BCUT2D eigenvalue weighted by Gasteiger charge is 2.20. The number of Topliss-reactive ketones (excluding diaryl/α,β-unsaturated/α-hetero) is 1. The molecule has 1 rings (SSSR count). The second-order valence-corrected chi connectivity index (χ2v) is 5.69. The normalized spacial score (nSPS) is 14.1. The summed E-state index contributed by atoms with van der Waals surface area (Å²) in [7, 11) is 0. The molecule has 0 fully saturated rings. The maximum Gasteiger partial charge on any atom is 0.337 e. The second-order valence-electron chi connectivity index (χ2n) is 3.53. The van der Waals surface area contributed by atoms with E-state index in [1.54, 1.807) is 12.1 Å². The van der Waals surface area contributed by atoms with Gasteiger partial charge in [0.2, 0.25) is 0 Å². The van der Waals surface area contributed by atoms with Crippen molar-refractivity contribution >= 4 is 50.3 Å². The van der Waals surface area contributed by atoms with Gasteiger partial charge in [-0.2, -0.15) is 0 Å². The van der Waals surface area contributed by atoms with E-state index in [9.17, 15) is 14.7 Å². The number of hydrogen-bond donors (Lipinski definition) is 2. The minimum Gasteiger partial charge on any atom is -0.479 e. The van der Waals surface area contributed by atoms with Gasteiger partial charge >= 0.3 is 5.97 Å². The monoisotopic (exact) mass is 412 g/mol. The van der Waals surface area contributed by atoms with Crippen LogP contribution in [-0.4, -0.2) is 22.0 Å². The maximum absolute atomic E-state index is 11.2. The Labute approximate surface area is 120 Å². The smallest absolute Gasteiger partial charge is 0.337 e. The Balaban J connectivity index is 3.19. The zero-order valence-corrected chi connectivity index (χ0v) is 12.6. The van der Waals surface area contributed by atoms with Crippen LogP contribution in [0, 0.1) is 3.57 Å². The first-order valence-electron chi connectivity index (χ1n) is 4.68. The van der Waals surface area contributed by atoms with Crippen molar-refractivity contribution in [3.63, 3.8) is 0 Å². The molecule has 0 saturated carbocycles. The van der Waals surface area contributed by atoms with Crippen LogP contribution in [0.5, 0.6) is 0 Å². The summed E-state index contributed by atoms with van der Waals surface area (Å²) in [5, 5.41) is 18.2. The first kappa shape index (κ1) is 14.6. The molecule has 0 amide bonds. The van der Waals surface area contributed by atoms with E-state index in [0.29, 0.717) is 5.56 Å². The number of carbonyl (C=O) groups is 2. The lowest BCUT2D eigenvalue weighted by Crippen LogP contribution is -2.12. The molecule has 0 radical (unpaired) electrons. The summed E-state index contributed by atoms with van der Waals surface area (Å²) in [5.74, 6) is -1.39. The SMILES string of the molecule is CC(=O)C(Br)c1cc(I)cc(C(O)C(=O)O)c1. The summed E-state index contributed by atoms with van der Waals surface area (Å²) in [4.78, 5) is 21.4. The van der Waals surface area contributed by atoms with E-state index in [1.807, 2.05) is 22.6 Å². The molecule has 0 aromatic heterocycles. The molecule has 0 aliphatic carbocycles. The van der Waals surface area contributed by atoms with Crippen LogP contribution >= 0.6 is 38.5 Å². The summed E-state index contributed by atoms with van der Waals surface area (Å²) in [6.07, 6.45) is -1.57. The number of hydrogen-bond acceptors (Lipinski definition) is 3. The number of carboxylic acids is 1. The molecule has 0 bridgehead atoms. The molecule has 4 nitrogen and oxygen atoms in total. The number of aliphatic hydroxyl groups is 1. The number of halogens is 2. The van der Waals surface area contributed by atoms with Crippen LogP contribution in [-0.2, 0) is 9.59 Å². The number of rotatable bonds is 4. The lowest BCUT2D eigenvalue weighted by Gasteiger charge is -2.12. The van der Waals surface area contributed by atoms with Crippen LogP contribution in [0.3, 0.4) is 0 Å². The van der Waals surface area contributed by atoms with Crippen molar-refractivity contribution in [2.45, 2.75) is 17.9 Å². The van der Waals surface area contributed by atoms with Gasteiger partial charge in [-0.1, -0.05) is 22.0 Å². The van der Waals surface area contributed by atoms with E-state index in [2.05, 4.69) is 15.9 Å². The maximum atomic E-state index is 11.2. The highest BCUT2D eigenvalue weighted by molar-refractivity contribution is 14.1. The number of carbonyl (C=O) groups excluding carboxylic acids is 1. The predicted octanol–water partition coefficient (Wildman–Crippen LogP) is 2.43. The molecule has 0 heterocycles. The lowest BCUT2D eigenvalue weighted by atomic mass is 10.0.